The zero-order chi connectivity index (χ0) is 16.2. The zero-order valence-electron chi connectivity index (χ0n) is 13.3. The highest BCUT2D eigenvalue weighted by molar-refractivity contribution is 5.87. The molecule has 1 fully saturated rings. The predicted molar refractivity (Wildman–Crippen MR) is 87.8 cm³/mol. The van der Waals surface area contributed by atoms with Gasteiger partial charge in [0, 0.05) is 25.9 Å². The fourth-order valence-corrected chi connectivity index (χ4v) is 2.94. The zero-order valence-corrected chi connectivity index (χ0v) is 13.3. The molecule has 2 N–H and O–H groups in total. The molecule has 1 aromatic carbocycles. The van der Waals surface area contributed by atoms with Crippen molar-refractivity contribution in [2.24, 2.45) is 0 Å². The third kappa shape index (κ3) is 3.70. The van der Waals surface area contributed by atoms with E-state index in [0.717, 1.165) is 42.8 Å². The third-order valence-electron chi connectivity index (χ3n) is 4.19. The monoisotopic (exact) mass is 314 g/mol. The first-order valence-electron chi connectivity index (χ1n) is 8.15. The lowest BCUT2D eigenvalue weighted by Gasteiger charge is -2.21. The van der Waals surface area contributed by atoms with Crippen LogP contribution in [-0.4, -0.2) is 45.8 Å². The number of nitrogens with zero attached hydrogens (tertiary/aromatic N) is 2. The van der Waals surface area contributed by atoms with E-state index in [0.29, 0.717) is 12.8 Å². The Hall–Kier alpha value is -2.37. The fraction of sp³-hybridized carbons (Fsp3) is 0.471. The van der Waals surface area contributed by atoms with Gasteiger partial charge in [0.05, 0.1) is 11.0 Å². The summed E-state index contributed by atoms with van der Waals surface area (Å²) in [5.74, 6) is 0.685. The van der Waals surface area contributed by atoms with Crippen molar-refractivity contribution in [3.63, 3.8) is 0 Å². The quantitative estimate of drug-likeness (QED) is 0.880. The summed E-state index contributed by atoms with van der Waals surface area (Å²) in [6.45, 7) is 3.36. The van der Waals surface area contributed by atoms with Crippen LogP contribution in [0.2, 0.25) is 0 Å². The van der Waals surface area contributed by atoms with Crippen LogP contribution in [0.5, 0.6) is 0 Å². The number of rotatable bonds is 5. The molecule has 0 saturated carbocycles. The number of aromatic amines is 1. The summed E-state index contributed by atoms with van der Waals surface area (Å²) in [7, 11) is 0. The number of imidazole rings is 1. The molecule has 1 saturated heterocycles. The average molecular weight is 314 g/mol. The van der Waals surface area contributed by atoms with Crippen molar-refractivity contribution in [2.45, 2.75) is 38.6 Å². The molecule has 6 heteroatoms. The van der Waals surface area contributed by atoms with Crippen LogP contribution in [0.4, 0.5) is 0 Å². The van der Waals surface area contributed by atoms with Gasteiger partial charge < -0.3 is 15.2 Å². The summed E-state index contributed by atoms with van der Waals surface area (Å²) >= 11 is 0. The molecule has 1 aliphatic heterocycles. The Morgan fingerprint density at radius 2 is 2.04 bits per heavy atom. The number of nitrogens with one attached hydrogen (secondary N) is 2. The molecule has 0 aliphatic carbocycles. The highest BCUT2D eigenvalue weighted by Crippen LogP contribution is 2.12. The molecule has 122 valence electrons. The van der Waals surface area contributed by atoms with Gasteiger partial charge in [-0.15, -0.1) is 0 Å². The number of amides is 2. The van der Waals surface area contributed by atoms with Crippen molar-refractivity contribution in [1.29, 1.82) is 0 Å². The maximum absolute atomic E-state index is 12.2. The summed E-state index contributed by atoms with van der Waals surface area (Å²) in [6, 6.07) is 7.32. The minimum Gasteiger partial charge on any atom is -0.345 e. The van der Waals surface area contributed by atoms with E-state index in [4.69, 9.17) is 0 Å². The van der Waals surface area contributed by atoms with Gasteiger partial charge in [0.2, 0.25) is 11.8 Å². The number of para-hydroxylation sites is 2. The van der Waals surface area contributed by atoms with E-state index in [1.807, 2.05) is 29.2 Å². The predicted octanol–water partition coefficient (Wildman–Crippen LogP) is 1.62. The lowest BCUT2D eigenvalue weighted by atomic mass is 10.2. The topological polar surface area (TPSA) is 78.1 Å². The third-order valence-corrected chi connectivity index (χ3v) is 4.19. The van der Waals surface area contributed by atoms with Crippen molar-refractivity contribution in [3.05, 3.63) is 30.1 Å². The molecular formula is C17H22N4O2. The molecule has 6 nitrogen and oxygen atoms in total. The molecule has 1 unspecified atom stereocenters. The van der Waals surface area contributed by atoms with Crippen LogP contribution >= 0.6 is 0 Å². The summed E-state index contributed by atoms with van der Waals surface area (Å²) < 4.78 is 0. The van der Waals surface area contributed by atoms with Gasteiger partial charge in [-0.3, -0.25) is 9.59 Å². The van der Waals surface area contributed by atoms with Gasteiger partial charge >= 0.3 is 0 Å². The van der Waals surface area contributed by atoms with E-state index in [1.54, 1.807) is 6.92 Å². The molecule has 2 heterocycles. The molecule has 1 atom stereocenters. The first kappa shape index (κ1) is 15.5. The van der Waals surface area contributed by atoms with Crippen molar-refractivity contribution in [2.75, 3.05) is 13.1 Å². The number of H-pyrrole nitrogens is 1. The van der Waals surface area contributed by atoms with E-state index in [-0.39, 0.29) is 11.8 Å². The minimum atomic E-state index is -0.462. The average Bonchev–Trinajstić information content (AvgIpc) is 3.21. The van der Waals surface area contributed by atoms with Crippen molar-refractivity contribution < 1.29 is 9.59 Å². The molecule has 0 radical (unpaired) electrons. The number of carbonyl (C=O) groups excluding carboxylic acids is 2. The molecule has 1 aliphatic rings. The highest BCUT2D eigenvalue weighted by Gasteiger charge is 2.24. The Morgan fingerprint density at radius 1 is 1.30 bits per heavy atom. The van der Waals surface area contributed by atoms with Crippen LogP contribution in [0.25, 0.3) is 11.0 Å². The van der Waals surface area contributed by atoms with Crippen LogP contribution in [-0.2, 0) is 16.0 Å². The van der Waals surface area contributed by atoms with Gasteiger partial charge in [0.15, 0.2) is 0 Å². The Morgan fingerprint density at radius 3 is 2.78 bits per heavy atom. The maximum atomic E-state index is 12.2. The number of fused-ring (bicyclic) bond motifs is 1. The number of aromatic nitrogens is 2. The van der Waals surface area contributed by atoms with E-state index in [9.17, 15) is 9.59 Å². The van der Waals surface area contributed by atoms with E-state index in [1.165, 1.54) is 0 Å². The Kier molecular flexibility index (Phi) is 4.60. The van der Waals surface area contributed by atoms with Gasteiger partial charge in [-0.05, 0) is 31.9 Å². The standard InChI is InChI=1S/C17H22N4O2/c1-12(17(23)21-10-4-5-11-21)18-16(22)9-8-15-19-13-6-2-3-7-14(13)20-15/h2-3,6-7,12H,4-5,8-11H2,1H3,(H,18,22)(H,19,20). The smallest absolute Gasteiger partial charge is 0.244 e. The van der Waals surface area contributed by atoms with Crippen LogP contribution in [0, 0.1) is 0 Å². The van der Waals surface area contributed by atoms with Crippen LogP contribution in [0.1, 0.15) is 32.0 Å². The van der Waals surface area contributed by atoms with Gasteiger partial charge in [-0.2, -0.15) is 0 Å². The molecule has 0 bridgehead atoms. The number of benzene rings is 1. The summed E-state index contributed by atoms with van der Waals surface area (Å²) in [5, 5.41) is 2.79. The van der Waals surface area contributed by atoms with Gasteiger partial charge in [0.1, 0.15) is 11.9 Å². The maximum Gasteiger partial charge on any atom is 0.244 e. The Bertz CT molecular complexity index is 670. The Balaban J connectivity index is 1.49. The van der Waals surface area contributed by atoms with Crippen LogP contribution in [0.3, 0.4) is 0 Å². The molecule has 1 aromatic heterocycles. The van der Waals surface area contributed by atoms with Crippen molar-refractivity contribution in [1.82, 2.24) is 20.2 Å². The molecule has 2 amide bonds. The summed E-state index contributed by atoms with van der Waals surface area (Å²) in [5.41, 5.74) is 1.88. The van der Waals surface area contributed by atoms with Crippen LogP contribution < -0.4 is 5.32 Å². The van der Waals surface area contributed by atoms with E-state index >= 15 is 0 Å². The second-order valence-corrected chi connectivity index (χ2v) is 6.02. The largest absolute Gasteiger partial charge is 0.345 e. The SMILES string of the molecule is CC(NC(=O)CCc1nc2ccccc2[nH]1)C(=O)N1CCCC1. The second kappa shape index (κ2) is 6.81. The number of aryl methyl sites for hydroxylation is 1. The molecular weight excluding hydrogens is 292 g/mol. The molecule has 3 rings (SSSR count). The number of likely N-dealkylation sites (tertiary alicyclic amines) is 1. The summed E-state index contributed by atoms with van der Waals surface area (Å²) in [4.78, 5) is 33.7. The first-order valence-corrected chi connectivity index (χ1v) is 8.15. The highest BCUT2D eigenvalue weighted by atomic mass is 16.2. The first-order chi connectivity index (χ1) is 11.1. The minimum absolute atomic E-state index is 0.0135. The van der Waals surface area contributed by atoms with E-state index in [2.05, 4.69) is 15.3 Å². The second-order valence-electron chi connectivity index (χ2n) is 6.02. The lowest BCUT2D eigenvalue weighted by molar-refractivity contribution is -0.135. The summed E-state index contributed by atoms with van der Waals surface area (Å²) in [6.07, 6.45) is 2.96. The molecule has 0 spiro atoms. The van der Waals surface area contributed by atoms with Gasteiger partial charge in [-0.1, -0.05) is 12.1 Å². The van der Waals surface area contributed by atoms with Gasteiger partial charge in [-0.25, -0.2) is 4.98 Å². The molecule has 2 aromatic rings. The normalized spacial score (nSPS) is 15.8. The van der Waals surface area contributed by atoms with Crippen molar-refractivity contribution in [3.8, 4) is 0 Å². The fourth-order valence-electron chi connectivity index (χ4n) is 2.94. The molecule has 23 heavy (non-hydrogen) atoms. The lowest BCUT2D eigenvalue weighted by Crippen LogP contribution is -2.46. The van der Waals surface area contributed by atoms with E-state index < -0.39 is 6.04 Å². The van der Waals surface area contributed by atoms with Crippen LogP contribution in [0.15, 0.2) is 24.3 Å². The number of hydrogen-bond acceptors (Lipinski definition) is 3. The Labute approximate surface area is 135 Å². The number of hydrogen-bond donors (Lipinski definition) is 2. The van der Waals surface area contributed by atoms with Gasteiger partial charge in [0.25, 0.3) is 0 Å². The van der Waals surface area contributed by atoms with Crippen molar-refractivity contribution >= 4 is 22.8 Å². The number of carbonyl (C=O) groups is 2.